The van der Waals surface area contributed by atoms with Crippen molar-refractivity contribution in [2.75, 3.05) is 7.05 Å². The van der Waals surface area contributed by atoms with Crippen molar-refractivity contribution < 1.29 is 4.79 Å². The third-order valence-corrected chi connectivity index (χ3v) is 5.50. The summed E-state index contributed by atoms with van der Waals surface area (Å²) in [5, 5.41) is 5.97. The van der Waals surface area contributed by atoms with E-state index in [9.17, 15) is 4.79 Å². The molecule has 0 unspecified atom stereocenters. The highest BCUT2D eigenvalue weighted by atomic mass is 35.5. The first kappa shape index (κ1) is 21.4. The third kappa shape index (κ3) is 5.18. The van der Waals surface area contributed by atoms with Gasteiger partial charge in [0.25, 0.3) is 0 Å². The van der Waals surface area contributed by atoms with Gasteiger partial charge in [-0.3, -0.25) is 9.78 Å². The van der Waals surface area contributed by atoms with Gasteiger partial charge in [0.15, 0.2) is 0 Å². The molecule has 0 aliphatic heterocycles. The predicted molar refractivity (Wildman–Crippen MR) is 117 cm³/mol. The summed E-state index contributed by atoms with van der Waals surface area (Å²) >= 11 is 19.0. The summed E-state index contributed by atoms with van der Waals surface area (Å²) in [4.78, 5) is 18.1. The number of carbonyl (C=O) groups is 1. The van der Waals surface area contributed by atoms with E-state index in [0.29, 0.717) is 39.5 Å². The Balaban J connectivity index is 1.75. The molecule has 1 amide bonds. The van der Waals surface area contributed by atoms with Crippen LogP contribution in [-0.4, -0.2) is 32.6 Å². The number of halogens is 3. The van der Waals surface area contributed by atoms with Gasteiger partial charge in [0.2, 0.25) is 5.91 Å². The first-order valence-electron chi connectivity index (χ1n) is 8.84. The number of amides is 1. The SMILES string of the molecule is Cc1nn(Cc2c(Cl)cccc2Cl)c(Cl)c1C=CC(=O)N(C)Cc1cccnc1. The van der Waals surface area contributed by atoms with E-state index in [1.165, 1.54) is 6.08 Å². The number of likely N-dealkylation sites (N-methyl/N-ethyl adjacent to an activating group) is 1. The molecule has 0 fully saturated rings. The van der Waals surface area contributed by atoms with Gasteiger partial charge in [-0.1, -0.05) is 46.9 Å². The first-order valence-corrected chi connectivity index (χ1v) is 9.98. The molecule has 2 heterocycles. The highest BCUT2D eigenvalue weighted by Crippen LogP contribution is 2.28. The maximum Gasteiger partial charge on any atom is 0.246 e. The van der Waals surface area contributed by atoms with Crippen molar-refractivity contribution in [2.24, 2.45) is 0 Å². The summed E-state index contributed by atoms with van der Waals surface area (Å²) in [7, 11) is 1.73. The maximum absolute atomic E-state index is 12.4. The minimum atomic E-state index is -0.147. The first-order chi connectivity index (χ1) is 13.9. The molecule has 0 N–H and O–H groups in total. The summed E-state index contributed by atoms with van der Waals surface area (Å²) < 4.78 is 1.62. The van der Waals surface area contributed by atoms with Crippen molar-refractivity contribution in [3.63, 3.8) is 0 Å². The van der Waals surface area contributed by atoms with E-state index in [2.05, 4.69) is 10.1 Å². The minimum Gasteiger partial charge on any atom is -0.338 e. The van der Waals surface area contributed by atoms with Gasteiger partial charge in [-0.15, -0.1) is 0 Å². The largest absolute Gasteiger partial charge is 0.338 e. The van der Waals surface area contributed by atoms with E-state index in [-0.39, 0.29) is 5.91 Å². The molecule has 0 saturated heterocycles. The fourth-order valence-corrected chi connectivity index (χ4v) is 3.63. The van der Waals surface area contributed by atoms with E-state index < -0.39 is 0 Å². The fourth-order valence-electron chi connectivity index (χ4n) is 2.82. The standard InChI is InChI=1S/C21H19Cl3N4O/c1-14-16(8-9-20(29)27(2)12-15-5-4-10-25-11-15)21(24)28(26-14)13-17-18(22)6-3-7-19(17)23/h3-11H,12-13H2,1-2H3. The lowest BCUT2D eigenvalue weighted by atomic mass is 10.2. The van der Waals surface area contributed by atoms with Crippen LogP contribution in [0, 0.1) is 6.92 Å². The van der Waals surface area contributed by atoms with Crippen LogP contribution in [0.1, 0.15) is 22.4 Å². The predicted octanol–water partition coefficient (Wildman–Crippen LogP) is 5.27. The summed E-state index contributed by atoms with van der Waals surface area (Å²) in [6, 6.07) is 9.08. The molecule has 0 saturated carbocycles. The molecule has 0 atom stereocenters. The number of aryl methyl sites for hydroxylation is 1. The molecular formula is C21H19Cl3N4O. The van der Waals surface area contributed by atoms with Crippen LogP contribution >= 0.6 is 34.8 Å². The van der Waals surface area contributed by atoms with Crippen molar-refractivity contribution in [2.45, 2.75) is 20.0 Å². The van der Waals surface area contributed by atoms with Crippen molar-refractivity contribution in [3.8, 4) is 0 Å². The van der Waals surface area contributed by atoms with Gasteiger partial charge in [-0.2, -0.15) is 5.10 Å². The molecule has 29 heavy (non-hydrogen) atoms. The number of hydrogen-bond donors (Lipinski definition) is 0. The van der Waals surface area contributed by atoms with Crippen molar-refractivity contribution in [1.29, 1.82) is 0 Å². The van der Waals surface area contributed by atoms with Crippen molar-refractivity contribution in [1.82, 2.24) is 19.7 Å². The molecule has 3 aromatic rings. The quantitative estimate of drug-likeness (QED) is 0.482. The molecule has 0 aliphatic carbocycles. The number of carbonyl (C=O) groups excluding carboxylic acids is 1. The van der Waals surface area contributed by atoms with Gasteiger partial charge >= 0.3 is 0 Å². The van der Waals surface area contributed by atoms with E-state index in [1.54, 1.807) is 53.3 Å². The number of benzene rings is 1. The third-order valence-electron chi connectivity index (χ3n) is 4.39. The Labute approximate surface area is 184 Å². The zero-order valence-electron chi connectivity index (χ0n) is 15.9. The van der Waals surface area contributed by atoms with Crippen LogP contribution in [0.2, 0.25) is 15.2 Å². The van der Waals surface area contributed by atoms with Gasteiger partial charge in [0.1, 0.15) is 5.15 Å². The molecule has 0 aliphatic rings. The smallest absolute Gasteiger partial charge is 0.246 e. The van der Waals surface area contributed by atoms with Crippen LogP contribution in [-0.2, 0) is 17.9 Å². The lowest BCUT2D eigenvalue weighted by Crippen LogP contribution is -2.24. The minimum absolute atomic E-state index is 0.147. The molecule has 2 aromatic heterocycles. The monoisotopic (exact) mass is 448 g/mol. The summed E-state index contributed by atoms with van der Waals surface area (Å²) in [6.45, 7) is 2.63. The Bertz CT molecular complexity index is 1030. The molecule has 5 nitrogen and oxygen atoms in total. The number of rotatable bonds is 6. The van der Waals surface area contributed by atoms with Crippen molar-refractivity contribution >= 4 is 46.8 Å². The number of pyridine rings is 1. The Kier molecular flexibility index (Phi) is 6.96. The van der Waals surface area contributed by atoms with Crippen LogP contribution in [0.4, 0.5) is 0 Å². The Morgan fingerprint density at radius 1 is 1.17 bits per heavy atom. The van der Waals surface area contributed by atoms with E-state index >= 15 is 0 Å². The van der Waals surface area contributed by atoms with E-state index in [1.807, 2.05) is 19.1 Å². The summed E-state index contributed by atoms with van der Waals surface area (Å²) in [5.74, 6) is -0.147. The van der Waals surface area contributed by atoms with Gasteiger partial charge in [0.05, 0.1) is 12.2 Å². The van der Waals surface area contributed by atoms with Gasteiger partial charge in [-0.05, 0) is 36.8 Å². The van der Waals surface area contributed by atoms with E-state index in [4.69, 9.17) is 34.8 Å². The Hall–Kier alpha value is -2.34. The molecule has 1 aromatic carbocycles. The van der Waals surface area contributed by atoms with Crippen LogP contribution in [0.15, 0.2) is 48.8 Å². The molecule has 0 spiro atoms. The molecule has 8 heteroatoms. The Morgan fingerprint density at radius 3 is 2.55 bits per heavy atom. The second-order valence-electron chi connectivity index (χ2n) is 6.54. The zero-order valence-corrected chi connectivity index (χ0v) is 18.2. The van der Waals surface area contributed by atoms with Gasteiger partial charge in [0, 0.05) is 53.2 Å². The molecule has 3 rings (SSSR count). The lowest BCUT2D eigenvalue weighted by Gasteiger charge is -2.14. The second-order valence-corrected chi connectivity index (χ2v) is 7.71. The molecule has 0 radical (unpaired) electrons. The Morgan fingerprint density at radius 2 is 1.90 bits per heavy atom. The molecule has 150 valence electrons. The van der Waals surface area contributed by atoms with E-state index in [0.717, 1.165) is 11.1 Å². The van der Waals surface area contributed by atoms with Gasteiger partial charge < -0.3 is 4.90 Å². The highest BCUT2D eigenvalue weighted by Gasteiger charge is 2.15. The number of hydrogen-bond acceptors (Lipinski definition) is 3. The second kappa shape index (κ2) is 9.44. The van der Waals surface area contributed by atoms with Crippen LogP contribution in [0.3, 0.4) is 0 Å². The summed E-state index contributed by atoms with van der Waals surface area (Å²) in [6.07, 6.45) is 6.60. The number of aromatic nitrogens is 3. The fraction of sp³-hybridized carbons (Fsp3) is 0.190. The molecular weight excluding hydrogens is 431 g/mol. The highest BCUT2D eigenvalue weighted by molar-refractivity contribution is 6.36. The molecule has 0 bridgehead atoms. The average Bonchev–Trinajstić information content (AvgIpc) is 2.96. The number of nitrogens with zero attached hydrogens (tertiary/aromatic N) is 4. The topological polar surface area (TPSA) is 51.0 Å². The maximum atomic E-state index is 12.4. The van der Waals surface area contributed by atoms with Crippen molar-refractivity contribution in [3.05, 3.63) is 86.4 Å². The van der Waals surface area contributed by atoms with Crippen LogP contribution in [0.5, 0.6) is 0 Å². The normalized spacial score (nSPS) is 11.2. The average molecular weight is 450 g/mol. The lowest BCUT2D eigenvalue weighted by molar-refractivity contribution is -0.125. The van der Waals surface area contributed by atoms with Crippen LogP contribution in [0.25, 0.3) is 6.08 Å². The zero-order chi connectivity index (χ0) is 21.0. The van der Waals surface area contributed by atoms with Crippen LogP contribution < -0.4 is 0 Å². The summed E-state index contributed by atoms with van der Waals surface area (Å²) in [5.41, 5.74) is 3.08. The van der Waals surface area contributed by atoms with Gasteiger partial charge in [-0.25, -0.2) is 4.68 Å².